The quantitative estimate of drug-likeness (QED) is 0.783. The second-order valence-corrected chi connectivity index (χ2v) is 3.87. The van der Waals surface area contributed by atoms with Crippen LogP contribution in [0.1, 0.15) is 29.4 Å². The van der Waals surface area contributed by atoms with Crippen LogP contribution in [0.3, 0.4) is 0 Å². The molecular weight excluding hydrogens is 218 g/mol. The van der Waals surface area contributed by atoms with E-state index in [0.717, 1.165) is 0 Å². The molecule has 17 heavy (non-hydrogen) atoms. The SMILES string of the molecule is CC(CCO)CNC(=O)c1ccc(C#N)cn1. The molecule has 0 radical (unpaired) electrons. The van der Waals surface area contributed by atoms with Gasteiger partial charge < -0.3 is 10.4 Å². The fraction of sp³-hybridized carbons (Fsp3) is 0.417. The maximum absolute atomic E-state index is 11.6. The van der Waals surface area contributed by atoms with Gasteiger partial charge in [-0.3, -0.25) is 4.79 Å². The molecule has 0 saturated heterocycles. The molecule has 0 spiro atoms. The zero-order valence-corrected chi connectivity index (χ0v) is 9.68. The molecule has 1 heterocycles. The molecular formula is C12H15N3O2. The number of nitrogens with one attached hydrogen (secondary N) is 1. The fourth-order valence-electron chi connectivity index (χ4n) is 1.27. The highest BCUT2D eigenvalue weighted by atomic mass is 16.3. The number of aliphatic hydroxyl groups excluding tert-OH is 1. The second-order valence-electron chi connectivity index (χ2n) is 3.87. The van der Waals surface area contributed by atoms with Gasteiger partial charge in [0, 0.05) is 19.3 Å². The number of carbonyl (C=O) groups is 1. The summed E-state index contributed by atoms with van der Waals surface area (Å²) in [5, 5.41) is 20.0. The topological polar surface area (TPSA) is 86.0 Å². The molecule has 0 saturated carbocycles. The van der Waals surface area contributed by atoms with Gasteiger partial charge in [0.25, 0.3) is 5.91 Å². The van der Waals surface area contributed by atoms with E-state index in [1.165, 1.54) is 12.3 Å². The van der Waals surface area contributed by atoms with Crippen molar-refractivity contribution >= 4 is 5.91 Å². The Balaban J connectivity index is 2.50. The van der Waals surface area contributed by atoms with E-state index in [2.05, 4.69) is 10.3 Å². The molecule has 1 atom stereocenters. The molecule has 0 aliphatic heterocycles. The number of nitriles is 1. The van der Waals surface area contributed by atoms with Crippen LogP contribution in [0, 0.1) is 17.2 Å². The zero-order valence-electron chi connectivity index (χ0n) is 9.68. The molecule has 1 rings (SSSR count). The van der Waals surface area contributed by atoms with E-state index in [9.17, 15) is 4.79 Å². The largest absolute Gasteiger partial charge is 0.396 e. The smallest absolute Gasteiger partial charge is 0.269 e. The molecule has 0 aromatic carbocycles. The van der Waals surface area contributed by atoms with Crippen LogP contribution in [-0.4, -0.2) is 29.1 Å². The summed E-state index contributed by atoms with van der Waals surface area (Å²) < 4.78 is 0. The van der Waals surface area contributed by atoms with E-state index in [4.69, 9.17) is 10.4 Å². The van der Waals surface area contributed by atoms with Gasteiger partial charge in [-0.15, -0.1) is 0 Å². The Hall–Kier alpha value is -1.93. The first-order valence-corrected chi connectivity index (χ1v) is 5.42. The van der Waals surface area contributed by atoms with Crippen molar-refractivity contribution in [2.75, 3.05) is 13.2 Å². The molecule has 2 N–H and O–H groups in total. The van der Waals surface area contributed by atoms with Gasteiger partial charge in [-0.1, -0.05) is 6.92 Å². The predicted molar refractivity (Wildman–Crippen MR) is 62.2 cm³/mol. The molecule has 90 valence electrons. The Bertz CT molecular complexity index is 409. The number of hydrogen-bond acceptors (Lipinski definition) is 4. The summed E-state index contributed by atoms with van der Waals surface area (Å²) in [6, 6.07) is 5.01. The lowest BCUT2D eigenvalue weighted by Gasteiger charge is -2.10. The van der Waals surface area contributed by atoms with Gasteiger partial charge in [-0.05, 0) is 24.5 Å². The van der Waals surface area contributed by atoms with E-state index < -0.39 is 0 Å². The molecule has 1 aromatic heterocycles. The highest BCUT2D eigenvalue weighted by molar-refractivity contribution is 5.92. The fourth-order valence-corrected chi connectivity index (χ4v) is 1.27. The number of aliphatic hydroxyl groups is 1. The number of rotatable bonds is 5. The Morgan fingerprint density at radius 1 is 1.65 bits per heavy atom. The van der Waals surface area contributed by atoms with Gasteiger partial charge >= 0.3 is 0 Å². The molecule has 1 amide bonds. The summed E-state index contributed by atoms with van der Waals surface area (Å²) in [7, 11) is 0. The minimum Gasteiger partial charge on any atom is -0.396 e. The van der Waals surface area contributed by atoms with Crippen LogP contribution in [0.25, 0.3) is 0 Å². The van der Waals surface area contributed by atoms with E-state index >= 15 is 0 Å². The van der Waals surface area contributed by atoms with Crippen molar-refractivity contribution in [3.8, 4) is 6.07 Å². The van der Waals surface area contributed by atoms with Gasteiger partial charge in [0.05, 0.1) is 5.56 Å². The number of nitrogens with zero attached hydrogens (tertiary/aromatic N) is 2. The average molecular weight is 233 g/mol. The van der Waals surface area contributed by atoms with Gasteiger partial charge in [-0.2, -0.15) is 5.26 Å². The number of carbonyl (C=O) groups excluding carboxylic acids is 1. The van der Waals surface area contributed by atoms with Crippen LogP contribution in [-0.2, 0) is 0 Å². The standard InChI is InChI=1S/C12H15N3O2/c1-9(4-5-16)7-15-12(17)11-3-2-10(6-13)8-14-11/h2-3,8-9,16H,4-5,7H2,1H3,(H,15,17). The molecule has 0 fully saturated rings. The van der Waals surface area contributed by atoms with Crippen molar-refractivity contribution < 1.29 is 9.90 Å². The Morgan fingerprint density at radius 2 is 2.41 bits per heavy atom. The number of hydrogen-bond donors (Lipinski definition) is 2. The van der Waals surface area contributed by atoms with Crippen LogP contribution in [0.15, 0.2) is 18.3 Å². The summed E-state index contributed by atoms with van der Waals surface area (Å²) in [5.41, 5.74) is 0.718. The lowest BCUT2D eigenvalue weighted by atomic mass is 10.1. The molecule has 1 unspecified atom stereocenters. The third-order valence-corrected chi connectivity index (χ3v) is 2.36. The maximum Gasteiger partial charge on any atom is 0.269 e. The second kappa shape index (κ2) is 6.61. The normalized spacial score (nSPS) is 11.6. The van der Waals surface area contributed by atoms with Gasteiger partial charge in [-0.25, -0.2) is 4.98 Å². The molecule has 1 aromatic rings. The Morgan fingerprint density at radius 3 is 2.94 bits per heavy atom. The highest BCUT2D eigenvalue weighted by Crippen LogP contribution is 2.01. The van der Waals surface area contributed by atoms with Crippen LogP contribution in [0.4, 0.5) is 0 Å². The highest BCUT2D eigenvalue weighted by Gasteiger charge is 2.08. The first-order chi connectivity index (χ1) is 8.17. The van der Waals surface area contributed by atoms with E-state index in [-0.39, 0.29) is 18.4 Å². The lowest BCUT2D eigenvalue weighted by molar-refractivity contribution is 0.0940. The first kappa shape index (κ1) is 13.1. The monoisotopic (exact) mass is 233 g/mol. The minimum atomic E-state index is -0.265. The van der Waals surface area contributed by atoms with Gasteiger partial charge in [0.2, 0.25) is 0 Å². The third kappa shape index (κ3) is 4.21. The van der Waals surface area contributed by atoms with E-state index in [1.54, 1.807) is 6.07 Å². The van der Waals surface area contributed by atoms with E-state index in [0.29, 0.717) is 24.2 Å². The average Bonchev–Trinajstić information content (AvgIpc) is 2.36. The summed E-state index contributed by atoms with van der Waals surface area (Å²) >= 11 is 0. The molecule has 0 aliphatic carbocycles. The lowest BCUT2D eigenvalue weighted by Crippen LogP contribution is -2.29. The van der Waals surface area contributed by atoms with Crippen molar-refractivity contribution in [1.29, 1.82) is 5.26 Å². The van der Waals surface area contributed by atoms with Crippen LogP contribution >= 0.6 is 0 Å². The Kier molecular flexibility index (Phi) is 5.11. The summed E-state index contributed by atoms with van der Waals surface area (Å²) in [5.74, 6) is -0.0402. The van der Waals surface area contributed by atoms with Crippen LogP contribution < -0.4 is 5.32 Å². The zero-order chi connectivity index (χ0) is 12.7. The van der Waals surface area contributed by atoms with Crippen molar-refractivity contribution in [2.45, 2.75) is 13.3 Å². The van der Waals surface area contributed by atoms with Crippen molar-refractivity contribution in [2.24, 2.45) is 5.92 Å². The number of pyridine rings is 1. The third-order valence-electron chi connectivity index (χ3n) is 2.36. The maximum atomic E-state index is 11.6. The van der Waals surface area contributed by atoms with Crippen LogP contribution in [0.2, 0.25) is 0 Å². The molecule has 5 nitrogen and oxygen atoms in total. The van der Waals surface area contributed by atoms with Gasteiger partial charge in [0.1, 0.15) is 11.8 Å². The predicted octanol–water partition coefficient (Wildman–Crippen LogP) is 0.702. The summed E-state index contributed by atoms with van der Waals surface area (Å²) in [4.78, 5) is 15.5. The summed E-state index contributed by atoms with van der Waals surface area (Å²) in [6.07, 6.45) is 2.02. The first-order valence-electron chi connectivity index (χ1n) is 5.42. The molecule has 0 aliphatic rings. The Labute approximate surface area is 100 Å². The molecule has 0 bridgehead atoms. The van der Waals surface area contributed by atoms with Crippen LogP contribution in [0.5, 0.6) is 0 Å². The number of amides is 1. The molecule has 5 heteroatoms. The minimum absolute atomic E-state index is 0.117. The van der Waals surface area contributed by atoms with Crippen molar-refractivity contribution in [3.05, 3.63) is 29.6 Å². The summed E-state index contributed by atoms with van der Waals surface area (Å²) in [6.45, 7) is 2.57. The van der Waals surface area contributed by atoms with Gasteiger partial charge in [0.15, 0.2) is 0 Å². The van der Waals surface area contributed by atoms with E-state index in [1.807, 2.05) is 13.0 Å². The van der Waals surface area contributed by atoms with Crippen molar-refractivity contribution in [1.82, 2.24) is 10.3 Å². The number of aromatic nitrogens is 1. The van der Waals surface area contributed by atoms with Crippen molar-refractivity contribution in [3.63, 3.8) is 0 Å².